The van der Waals surface area contributed by atoms with Gasteiger partial charge in [0.15, 0.2) is 0 Å². The minimum absolute atomic E-state index is 0.0581. The number of ether oxygens (including phenoxy) is 1. The number of carbonyl (C=O) groups is 1. The highest BCUT2D eigenvalue weighted by Gasteiger charge is 2.46. The Labute approximate surface area is 136 Å². The molecule has 1 aromatic heterocycles. The molecule has 0 bridgehead atoms. The summed E-state index contributed by atoms with van der Waals surface area (Å²) in [5.74, 6) is 1.48. The highest BCUT2D eigenvalue weighted by molar-refractivity contribution is 5.83. The number of likely N-dealkylation sites (tertiary alicyclic amines) is 1. The summed E-state index contributed by atoms with van der Waals surface area (Å²) in [5.41, 5.74) is 1.28. The molecule has 1 aromatic carbocycles. The van der Waals surface area contributed by atoms with Gasteiger partial charge in [-0.3, -0.25) is 4.79 Å². The molecule has 1 aliphatic heterocycles. The number of benzene rings is 1. The van der Waals surface area contributed by atoms with E-state index in [-0.39, 0.29) is 17.9 Å². The molecule has 23 heavy (non-hydrogen) atoms. The first-order chi connectivity index (χ1) is 11.3. The van der Waals surface area contributed by atoms with Crippen molar-refractivity contribution in [2.45, 2.75) is 24.9 Å². The number of rotatable bonds is 4. The molecular formula is C19H20N2O2. The zero-order valence-electron chi connectivity index (χ0n) is 13.0. The molecule has 0 N–H and O–H groups in total. The third-order valence-corrected chi connectivity index (χ3v) is 4.72. The molecule has 2 aliphatic rings. The molecule has 4 heteroatoms. The second kappa shape index (κ2) is 6.03. The predicted octanol–water partition coefficient (Wildman–Crippen LogP) is 2.87. The Morgan fingerprint density at radius 1 is 1.13 bits per heavy atom. The first kappa shape index (κ1) is 14.2. The molecule has 4 nitrogen and oxygen atoms in total. The molecule has 0 spiro atoms. The van der Waals surface area contributed by atoms with Gasteiger partial charge in [0.1, 0.15) is 6.10 Å². The number of amides is 1. The number of hydrogen-bond acceptors (Lipinski definition) is 3. The molecule has 3 unspecified atom stereocenters. The standard InChI is InChI=1S/C19H20N2O2/c22-19(17-12-16(17)14-6-2-1-3-7-14)21-11-9-15(13-21)23-18-8-4-5-10-20-18/h1-8,10,15-17H,9,11-13H2. The maximum absolute atomic E-state index is 12.6. The van der Waals surface area contributed by atoms with E-state index in [9.17, 15) is 4.79 Å². The van der Waals surface area contributed by atoms with Gasteiger partial charge in [-0.1, -0.05) is 36.4 Å². The van der Waals surface area contributed by atoms with E-state index in [2.05, 4.69) is 17.1 Å². The van der Waals surface area contributed by atoms with Crippen LogP contribution in [-0.4, -0.2) is 35.0 Å². The molecule has 3 atom stereocenters. The molecule has 2 fully saturated rings. The fourth-order valence-corrected chi connectivity index (χ4v) is 3.38. The minimum Gasteiger partial charge on any atom is -0.472 e. The van der Waals surface area contributed by atoms with Crippen LogP contribution < -0.4 is 4.74 Å². The van der Waals surface area contributed by atoms with E-state index in [4.69, 9.17) is 4.74 Å². The Kier molecular flexibility index (Phi) is 3.74. The first-order valence-electron chi connectivity index (χ1n) is 8.22. The van der Waals surface area contributed by atoms with E-state index >= 15 is 0 Å². The lowest BCUT2D eigenvalue weighted by molar-refractivity contribution is -0.131. The summed E-state index contributed by atoms with van der Waals surface area (Å²) in [5, 5.41) is 0. The van der Waals surface area contributed by atoms with Crippen molar-refractivity contribution in [3.63, 3.8) is 0 Å². The Bertz CT molecular complexity index is 674. The molecule has 0 radical (unpaired) electrons. The Hall–Kier alpha value is -2.36. The van der Waals surface area contributed by atoms with Crippen molar-refractivity contribution in [2.75, 3.05) is 13.1 Å². The van der Waals surface area contributed by atoms with Crippen molar-refractivity contribution in [1.29, 1.82) is 0 Å². The van der Waals surface area contributed by atoms with Gasteiger partial charge in [0.05, 0.1) is 6.54 Å². The van der Waals surface area contributed by atoms with E-state index in [1.54, 1.807) is 6.20 Å². The molecule has 4 rings (SSSR count). The van der Waals surface area contributed by atoms with Gasteiger partial charge in [-0.2, -0.15) is 0 Å². The predicted molar refractivity (Wildman–Crippen MR) is 87.1 cm³/mol. The Morgan fingerprint density at radius 2 is 1.96 bits per heavy atom. The van der Waals surface area contributed by atoms with E-state index in [0.717, 1.165) is 19.4 Å². The molecule has 118 valence electrons. The average Bonchev–Trinajstić information content (AvgIpc) is 3.28. The Morgan fingerprint density at radius 3 is 2.74 bits per heavy atom. The van der Waals surface area contributed by atoms with Crippen LogP contribution >= 0.6 is 0 Å². The van der Waals surface area contributed by atoms with Crippen LogP contribution in [0.5, 0.6) is 5.88 Å². The smallest absolute Gasteiger partial charge is 0.226 e. The average molecular weight is 308 g/mol. The van der Waals surface area contributed by atoms with E-state index < -0.39 is 0 Å². The first-order valence-corrected chi connectivity index (χ1v) is 8.22. The molecular weight excluding hydrogens is 288 g/mol. The van der Waals surface area contributed by atoms with Gasteiger partial charge >= 0.3 is 0 Å². The molecule has 1 saturated carbocycles. The zero-order valence-corrected chi connectivity index (χ0v) is 13.0. The van der Waals surface area contributed by atoms with Crippen LogP contribution in [0.25, 0.3) is 0 Å². The van der Waals surface area contributed by atoms with Gasteiger partial charge in [-0.05, 0) is 24.0 Å². The van der Waals surface area contributed by atoms with Crippen LogP contribution in [0, 0.1) is 5.92 Å². The summed E-state index contributed by atoms with van der Waals surface area (Å²) >= 11 is 0. The van der Waals surface area contributed by atoms with Crippen LogP contribution in [0.4, 0.5) is 0 Å². The van der Waals surface area contributed by atoms with Gasteiger partial charge in [0.25, 0.3) is 0 Å². The zero-order chi connectivity index (χ0) is 15.6. The second-order valence-corrected chi connectivity index (χ2v) is 6.34. The normalized spacial score (nSPS) is 26.1. The van der Waals surface area contributed by atoms with Crippen molar-refractivity contribution >= 4 is 5.91 Å². The third-order valence-electron chi connectivity index (χ3n) is 4.72. The van der Waals surface area contributed by atoms with Crippen LogP contribution in [0.3, 0.4) is 0 Å². The van der Waals surface area contributed by atoms with E-state index in [1.165, 1.54) is 5.56 Å². The van der Waals surface area contributed by atoms with E-state index in [0.29, 0.717) is 18.3 Å². The third kappa shape index (κ3) is 3.07. The second-order valence-electron chi connectivity index (χ2n) is 6.34. The fraction of sp³-hybridized carbons (Fsp3) is 0.368. The molecule has 1 saturated heterocycles. The largest absolute Gasteiger partial charge is 0.472 e. The highest BCUT2D eigenvalue weighted by Crippen LogP contribution is 2.48. The SMILES string of the molecule is O=C(C1CC1c1ccccc1)N1CCC(Oc2ccccn2)C1. The minimum atomic E-state index is 0.0581. The number of pyridine rings is 1. The van der Waals surface area contributed by atoms with Crippen LogP contribution in [-0.2, 0) is 4.79 Å². The summed E-state index contributed by atoms with van der Waals surface area (Å²) < 4.78 is 5.86. The summed E-state index contributed by atoms with van der Waals surface area (Å²) in [4.78, 5) is 18.8. The summed E-state index contributed by atoms with van der Waals surface area (Å²) in [6.45, 7) is 1.46. The van der Waals surface area contributed by atoms with Gasteiger partial charge in [-0.15, -0.1) is 0 Å². The van der Waals surface area contributed by atoms with Crippen LogP contribution in [0.15, 0.2) is 54.7 Å². The summed E-state index contributed by atoms with van der Waals surface area (Å²) in [7, 11) is 0. The Balaban J connectivity index is 1.33. The number of carbonyl (C=O) groups excluding carboxylic acids is 1. The monoisotopic (exact) mass is 308 g/mol. The van der Waals surface area contributed by atoms with Crippen molar-refractivity contribution in [3.8, 4) is 5.88 Å². The molecule has 1 amide bonds. The molecule has 2 heterocycles. The van der Waals surface area contributed by atoms with Gasteiger partial charge in [0.2, 0.25) is 11.8 Å². The fourth-order valence-electron chi connectivity index (χ4n) is 3.38. The maximum atomic E-state index is 12.6. The van der Waals surface area contributed by atoms with Crippen LogP contribution in [0.2, 0.25) is 0 Å². The van der Waals surface area contributed by atoms with Crippen molar-refractivity contribution in [1.82, 2.24) is 9.88 Å². The summed E-state index contributed by atoms with van der Waals surface area (Å²) in [6.07, 6.45) is 3.64. The van der Waals surface area contributed by atoms with Gasteiger partial charge in [-0.25, -0.2) is 4.98 Å². The van der Waals surface area contributed by atoms with Gasteiger partial charge < -0.3 is 9.64 Å². The van der Waals surface area contributed by atoms with Crippen molar-refractivity contribution < 1.29 is 9.53 Å². The number of hydrogen-bond donors (Lipinski definition) is 0. The topological polar surface area (TPSA) is 42.4 Å². The molecule has 2 aromatic rings. The maximum Gasteiger partial charge on any atom is 0.226 e. The number of aromatic nitrogens is 1. The van der Waals surface area contributed by atoms with Crippen LogP contribution in [0.1, 0.15) is 24.3 Å². The summed E-state index contributed by atoms with van der Waals surface area (Å²) in [6, 6.07) is 16.0. The lowest BCUT2D eigenvalue weighted by atomic mass is 10.1. The quantitative estimate of drug-likeness (QED) is 0.872. The lowest BCUT2D eigenvalue weighted by Crippen LogP contribution is -2.32. The molecule has 1 aliphatic carbocycles. The lowest BCUT2D eigenvalue weighted by Gasteiger charge is -2.17. The number of nitrogens with zero attached hydrogens (tertiary/aromatic N) is 2. The van der Waals surface area contributed by atoms with Crippen molar-refractivity contribution in [2.24, 2.45) is 5.92 Å². The van der Waals surface area contributed by atoms with E-state index in [1.807, 2.05) is 41.3 Å². The highest BCUT2D eigenvalue weighted by atomic mass is 16.5. The van der Waals surface area contributed by atoms with Gasteiger partial charge in [0, 0.05) is 31.1 Å². The van der Waals surface area contributed by atoms with Crippen molar-refractivity contribution in [3.05, 3.63) is 60.3 Å².